The first-order valence-electron chi connectivity index (χ1n) is 6.63. The van der Waals surface area contributed by atoms with Crippen molar-refractivity contribution in [1.29, 1.82) is 0 Å². The van der Waals surface area contributed by atoms with E-state index in [0.29, 0.717) is 19.7 Å². The molecule has 110 valence electrons. The van der Waals surface area contributed by atoms with Gasteiger partial charge >= 0.3 is 0 Å². The van der Waals surface area contributed by atoms with E-state index in [4.69, 9.17) is 4.74 Å². The molecule has 3 rings (SSSR count). The van der Waals surface area contributed by atoms with Gasteiger partial charge in [0, 0.05) is 18.3 Å². The molecule has 2 aromatic rings. The number of rotatable bonds is 2. The van der Waals surface area contributed by atoms with E-state index in [1.54, 1.807) is 4.90 Å². The molecule has 0 aliphatic carbocycles. The predicted molar refractivity (Wildman–Crippen MR) is 78.4 cm³/mol. The Morgan fingerprint density at radius 2 is 2.19 bits per heavy atom. The van der Waals surface area contributed by atoms with E-state index in [9.17, 15) is 9.59 Å². The molecule has 0 radical (unpaired) electrons. The van der Waals surface area contributed by atoms with Crippen molar-refractivity contribution in [3.8, 4) is 0 Å². The van der Waals surface area contributed by atoms with Gasteiger partial charge < -0.3 is 9.64 Å². The summed E-state index contributed by atoms with van der Waals surface area (Å²) >= 11 is 0.889. The number of carbonyl (C=O) groups is 1. The molecule has 1 saturated heterocycles. The molecule has 6 nitrogen and oxygen atoms in total. The van der Waals surface area contributed by atoms with Crippen molar-refractivity contribution >= 4 is 17.6 Å². The molecule has 21 heavy (non-hydrogen) atoms. The van der Waals surface area contributed by atoms with Gasteiger partial charge in [-0.25, -0.2) is 0 Å². The number of amides is 1. The van der Waals surface area contributed by atoms with Crippen LogP contribution in [-0.2, 0) is 10.3 Å². The van der Waals surface area contributed by atoms with Crippen LogP contribution in [0.3, 0.4) is 0 Å². The summed E-state index contributed by atoms with van der Waals surface area (Å²) in [6.45, 7) is 3.23. The van der Waals surface area contributed by atoms with Crippen molar-refractivity contribution < 1.29 is 9.53 Å². The number of ether oxygens (including phenoxy) is 1. The van der Waals surface area contributed by atoms with Crippen molar-refractivity contribution in [2.45, 2.75) is 12.5 Å². The molecule has 1 aliphatic rings. The predicted octanol–water partition coefficient (Wildman–Crippen LogP) is 1.22. The number of hydrogen-bond acceptors (Lipinski definition) is 5. The van der Waals surface area contributed by atoms with Crippen LogP contribution in [0.15, 0.2) is 35.1 Å². The smallest absolute Gasteiger partial charge is 0.291 e. The molecule has 1 N–H and O–H groups in total. The van der Waals surface area contributed by atoms with Gasteiger partial charge in [0.25, 0.3) is 11.5 Å². The molecule has 1 aliphatic heterocycles. The fourth-order valence-corrected chi connectivity index (χ4v) is 2.97. The zero-order valence-electron chi connectivity index (χ0n) is 11.5. The van der Waals surface area contributed by atoms with Crippen molar-refractivity contribution in [1.82, 2.24) is 13.6 Å². The zero-order chi connectivity index (χ0) is 14.9. The first-order chi connectivity index (χ1) is 10.1. The molecule has 1 fully saturated rings. The number of carbonyl (C=O) groups excluding carboxylic acids is 1. The van der Waals surface area contributed by atoms with Crippen molar-refractivity contribution in [2.24, 2.45) is 0 Å². The lowest BCUT2D eigenvalue weighted by Gasteiger charge is -2.40. The standard InChI is InChI=1S/C14H15N3O3S/c1-14(10-5-3-2-4-6-10)9-17(7-8-20-14)13(19)11-12(18)16-21-15-11/h2-6H,7-9H2,1H3,(H,16,18). The summed E-state index contributed by atoms with van der Waals surface area (Å²) in [4.78, 5) is 25.6. The summed E-state index contributed by atoms with van der Waals surface area (Å²) in [6.07, 6.45) is 0. The van der Waals surface area contributed by atoms with Crippen molar-refractivity contribution in [3.63, 3.8) is 0 Å². The maximum absolute atomic E-state index is 12.4. The second-order valence-electron chi connectivity index (χ2n) is 5.13. The van der Waals surface area contributed by atoms with E-state index in [1.165, 1.54) is 0 Å². The molecule has 7 heteroatoms. The first-order valence-corrected chi connectivity index (χ1v) is 7.41. The molecule has 1 unspecified atom stereocenters. The van der Waals surface area contributed by atoms with E-state index < -0.39 is 11.2 Å². The third-order valence-electron chi connectivity index (χ3n) is 3.64. The van der Waals surface area contributed by atoms with Crippen LogP contribution in [0.4, 0.5) is 0 Å². The van der Waals surface area contributed by atoms with Gasteiger partial charge in [-0.1, -0.05) is 30.3 Å². The molecule has 0 spiro atoms. The van der Waals surface area contributed by atoms with Gasteiger partial charge in [-0.05, 0) is 12.5 Å². The number of aromatic nitrogens is 2. The Labute approximate surface area is 125 Å². The van der Waals surface area contributed by atoms with E-state index in [2.05, 4.69) is 8.75 Å². The van der Waals surface area contributed by atoms with Crippen LogP contribution in [0.1, 0.15) is 23.0 Å². The fourth-order valence-electron chi connectivity index (χ4n) is 2.49. The Bertz CT molecular complexity index is 697. The Hall–Kier alpha value is -1.99. The highest BCUT2D eigenvalue weighted by molar-refractivity contribution is 6.99. The highest BCUT2D eigenvalue weighted by atomic mass is 32.1. The Morgan fingerprint density at radius 1 is 1.43 bits per heavy atom. The van der Waals surface area contributed by atoms with Crippen LogP contribution in [0.5, 0.6) is 0 Å². The zero-order valence-corrected chi connectivity index (χ0v) is 12.4. The van der Waals surface area contributed by atoms with Gasteiger partial charge in [-0.3, -0.25) is 14.0 Å². The van der Waals surface area contributed by atoms with E-state index >= 15 is 0 Å². The number of benzene rings is 1. The van der Waals surface area contributed by atoms with Gasteiger partial charge in [-0.2, -0.15) is 4.37 Å². The summed E-state index contributed by atoms with van der Waals surface area (Å²) in [6, 6.07) is 9.77. The second kappa shape index (κ2) is 5.42. The molecule has 0 saturated carbocycles. The number of nitrogens with zero attached hydrogens (tertiary/aromatic N) is 2. The minimum Gasteiger partial charge on any atom is -0.367 e. The van der Waals surface area contributed by atoms with Crippen LogP contribution >= 0.6 is 11.7 Å². The molecule has 1 amide bonds. The van der Waals surface area contributed by atoms with Crippen LogP contribution in [-0.4, -0.2) is 39.3 Å². The summed E-state index contributed by atoms with van der Waals surface area (Å²) in [5, 5.41) is 0. The lowest BCUT2D eigenvalue weighted by atomic mass is 9.94. The van der Waals surface area contributed by atoms with Crippen LogP contribution in [0, 0.1) is 0 Å². The third-order valence-corrected chi connectivity index (χ3v) is 4.19. The maximum Gasteiger partial charge on any atom is 0.291 e. The number of hydrogen-bond donors (Lipinski definition) is 1. The first kappa shape index (κ1) is 14.0. The minimum atomic E-state index is -0.571. The fraction of sp³-hybridized carbons (Fsp3) is 0.357. The van der Waals surface area contributed by atoms with Crippen LogP contribution < -0.4 is 5.56 Å². The minimum absolute atomic E-state index is 0.0442. The van der Waals surface area contributed by atoms with Gasteiger partial charge in [0.1, 0.15) is 5.60 Å². The number of H-pyrrole nitrogens is 1. The monoisotopic (exact) mass is 305 g/mol. The highest BCUT2D eigenvalue weighted by Gasteiger charge is 2.36. The molecule has 1 aromatic heterocycles. The summed E-state index contributed by atoms with van der Waals surface area (Å²) < 4.78 is 12.2. The topological polar surface area (TPSA) is 75.3 Å². The summed E-state index contributed by atoms with van der Waals surface area (Å²) in [5.74, 6) is -0.344. The number of morpholine rings is 1. The van der Waals surface area contributed by atoms with Gasteiger partial charge in [0.2, 0.25) is 5.69 Å². The van der Waals surface area contributed by atoms with Crippen LogP contribution in [0.2, 0.25) is 0 Å². The lowest BCUT2D eigenvalue weighted by Crippen LogP contribution is -2.51. The Balaban J connectivity index is 1.85. The van der Waals surface area contributed by atoms with E-state index in [1.807, 2.05) is 37.3 Å². The summed E-state index contributed by atoms with van der Waals surface area (Å²) in [5.41, 5.74) is -0.0392. The van der Waals surface area contributed by atoms with Gasteiger partial charge in [0.05, 0.1) is 13.2 Å². The SMILES string of the molecule is CC1(c2ccccc2)CN(C(=O)c2ns[nH]c2=O)CCO1. The maximum atomic E-state index is 12.4. The van der Waals surface area contributed by atoms with Crippen LogP contribution in [0.25, 0.3) is 0 Å². The van der Waals surface area contributed by atoms with Gasteiger partial charge in [0.15, 0.2) is 0 Å². The second-order valence-corrected chi connectivity index (χ2v) is 5.70. The highest BCUT2D eigenvalue weighted by Crippen LogP contribution is 2.29. The molecular weight excluding hydrogens is 290 g/mol. The van der Waals surface area contributed by atoms with Crippen molar-refractivity contribution in [3.05, 3.63) is 51.9 Å². The average molecular weight is 305 g/mol. The molecule has 0 bridgehead atoms. The molecule has 2 heterocycles. The Kier molecular flexibility index (Phi) is 3.60. The quantitative estimate of drug-likeness (QED) is 0.905. The number of aromatic amines is 1. The van der Waals surface area contributed by atoms with Gasteiger partial charge in [-0.15, -0.1) is 0 Å². The third kappa shape index (κ3) is 2.62. The van der Waals surface area contributed by atoms with E-state index in [-0.39, 0.29) is 11.6 Å². The largest absolute Gasteiger partial charge is 0.367 e. The summed E-state index contributed by atoms with van der Waals surface area (Å²) in [7, 11) is 0. The molecule has 1 aromatic carbocycles. The number of nitrogens with one attached hydrogen (secondary N) is 1. The average Bonchev–Trinajstić information content (AvgIpc) is 2.93. The normalized spacial score (nSPS) is 22.2. The molecule has 1 atom stereocenters. The van der Waals surface area contributed by atoms with Crippen molar-refractivity contribution in [2.75, 3.05) is 19.7 Å². The van der Waals surface area contributed by atoms with E-state index in [0.717, 1.165) is 17.3 Å². The Morgan fingerprint density at radius 3 is 2.86 bits per heavy atom. The molecular formula is C14H15N3O3S. The lowest BCUT2D eigenvalue weighted by molar-refractivity contribution is -0.0931.